The molecule has 0 radical (unpaired) electrons. The van der Waals surface area contributed by atoms with Crippen molar-refractivity contribution in [3.63, 3.8) is 0 Å². The van der Waals surface area contributed by atoms with Crippen LogP contribution in [0.5, 0.6) is 11.5 Å². The van der Waals surface area contributed by atoms with Crippen LogP contribution in [0.3, 0.4) is 0 Å². The Labute approximate surface area is 127 Å². The van der Waals surface area contributed by atoms with Crippen LogP contribution >= 0.6 is 0 Å². The molecular weight excluding hydrogens is 266 g/mol. The first-order valence-corrected chi connectivity index (χ1v) is 7.77. The first-order chi connectivity index (χ1) is 10.1. The molecule has 0 aliphatic heterocycles. The van der Waals surface area contributed by atoms with Gasteiger partial charge in [-0.15, -0.1) is 0 Å². The largest absolute Gasteiger partial charge is 0.493 e. The average molecular weight is 293 g/mol. The van der Waals surface area contributed by atoms with Crippen LogP contribution in [0, 0.1) is 0 Å². The third-order valence-corrected chi connectivity index (χ3v) is 4.21. The maximum absolute atomic E-state index is 9.55. The van der Waals surface area contributed by atoms with Gasteiger partial charge in [0.2, 0.25) is 0 Å². The van der Waals surface area contributed by atoms with Crippen molar-refractivity contribution in [2.45, 2.75) is 57.2 Å². The van der Waals surface area contributed by atoms with Gasteiger partial charge in [0, 0.05) is 12.1 Å². The molecule has 0 amide bonds. The Hall–Kier alpha value is -1.26. The van der Waals surface area contributed by atoms with Gasteiger partial charge in [0.15, 0.2) is 11.5 Å². The van der Waals surface area contributed by atoms with Crippen molar-refractivity contribution in [2.24, 2.45) is 0 Å². The number of aliphatic hydroxyl groups excluding tert-OH is 1. The fourth-order valence-corrected chi connectivity index (χ4v) is 3.06. The van der Waals surface area contributed by atoms with Crippen LogP contribution < -0.4 is 14.8 Å². The lowest BCUT2D eigenvalue weighted by molar-refractivity contribution is 0.114. The molecule has 4 heteroatoms. The van der Waals surface area contributed by atoms with Crippen LogP contribution in [-0.4, -0.2) is 37.5 Å². The number of ether oxygens (including phenoxy) is 2. The molecule has 1 atom stereocenters. The highest BCUT2D eigenvalue weighted by atomic mass is 16.5. The van der Waals surface area contributed by atoms with Crippen molar-refractivity contribution in [1.82, 2.24) is 5.32 Å². The lowest BCUT2D eigenvalue weighted by Crippen LogP contribution is -2.40. The normalized spacial score (nSPS) is 23.6. The van der Waals surface area contributed by atoms with Crippen LogP contribution in [0.1, 0.15) is 38.2 Å². The molecule has 1 aromatic rings. The van der Waals surface area contributed by atoms with Crippen LogP contribution in [0.2, 0.25) is 0 Å². The summed E-state index contributed by atoms with van der Waals surface area (Å²) in [6, 6.07) is 7.02. The van der Waals surface area contributed by atoms with Crippen molar-refractivity contribution in [1.29, 1.82) is 0 Å². The fourth-order valence-electron chi connectivity index (χ4n) is 3.06. The van der Waals surface area contributed by atoms with E-state index in [9.17, 15) is 5.11 Å². The summed E-state index contributed by atoms with van der Waals surface area (Å²) in [5, 5.41) is 13.2. The molecule has 1 fully saturated rings. The van der Waals surface area contributed by atoms with Gasteiger partial charge in [0.05, 0.1) is 20.3 Å². The lowest BCUT2D eigenvalue weighted by Gasteiger charge is -2.29. The minimum absolute atomic E-state index is 0.0933. The van der Waals surface area contributed by atoms with E-state index in [1.54, 1.807) is 14.2 Å². The van der Waals surface area contributed by atoms with Gasteiger partial charge in [-0.2, -0.15) is 0 Å². The Morgan fingerprint density at radius 2 is 1.81 bits per heavy atom. The summed E-state index contributed by atoms with van der Waals surface area (Å²) in [6.45, 7) is 2.21. The molecule has 1 aromatic carbocycles. The molecule has 0 spiro atoms. The molecule has 1 unspecified atom stereocenters. The summed E-state index contributed by atoms with van der Waals surface area (Å²) in [7, 11) is 3.32. The highest BCUT2D eigenvalue weighted by Crippen LogP contribution is 2.28. The molecule has 0 bridgehead atoms. The zero-order valence-electron chi connectivity index (χ0n) is 13.3. The predicted octanol–water partition coefficient (Wildman–Crippen LogP) is 2.53. The number of rotatable bonds is 6. The molecule has 21 heavy (non-hydrogen) atoms. The second-order valence-electron chi connectivity index (χ2n) is 5.97. The highest BCUT2D eigenvalue weighted by Gasteiger charge is 2.20. The van der Waals surface area contributed by atoms with E-state index >= 15 is 0 Å². The van der Waals surface area contributed by atoms with Crippen molar-refractivity contribution in [2.75, 3.05) is 14.2 Å². The first kappa shape index (κ1) is 16.1. The number of aliphatic hydroxyl groups is 1. The molecule has 0 saturated heterocycles. The number of benzene rings is 1. The summed E-state index contributed by atoms with van der Waals surface area (Å²) in [6.07, 6.45) is 4.83. The second-order valence-corrected chi connectivity index (χ2v) is 5.97. The Morgan fingerprint density at radius 3 is 2.43 bits per heavy atom. The number of methoxy groups -OCH3 is 2. The van der Waals surface area contributed by atoms with Gasteiger partial charge in [-0.1, -0.05) is 6.07 Å². The van der Waals surface area contributed by atoms with E-state index < -0.39 is 0 Å². The fraction of sp³-hybridized carbons (Fsp3) is 0.647. The van der Waals surface area contributed by atoms with Crippen LogP contribution in [0.15, 0.2) is 18.2 Å². The number of hydrogen-bond donors (Lipinski definition) is 2. The van der Waals surface area contributed by atoms with E-state index in [2.05, 4.69) is 18.3 Å². The van der Waals surface area contributed by atoms with E-state index in [0.29, 0.717) is 12.1 Å². The van der Waals surface area contributed by atoms with E-state index in [-0.39, 0.29) is 6.10 Å². The van der Waals surface area contributed by atoms with E-state index in [4.69, 9.17) is 9.47 Å². The standard InChI is InChI=1S/C17H27NO3/c1-12(18-14-5-7-15(19)8-6-14)10-13-4-9-16(20-2)17(11-13)21-3/h4,9,11-12,14-15,18-19H,5-8,10H2,1-3H3. The molecule has 2 rings (SSSR count). The zero-order chi connectivity index (χ0) is 15.2. The van der Waals surface area contributed by atoms with E-state index in [1.807, 2.05) is 12.1 Å². The molecule has 1 aliphatic carbocycles. The van der Waals surface area contributed by atoms with E-state index in [1.165, 1.54) is 5.56 Å². The molecule has 1 saturated carbocycles. The van der Waals surface area contributed by atoms with Crippen molar-refractivity contribution < 1.29 is 14.6 Å². The van der Waals surface area contributed by atoms with E-state index in [0.717, 1.165) is 43.6 Å². The summed E-state index contributed by atoms with van der Waals surface area (Å²) in [5.41, 5.74) is 1.24. The summed E-state index contributed by atoms with van der Waals surface area (Å²) in [4.78, 5) is 0. The van der Waals surface area contributed by atoms with Crippen LogP contribution in [0.4, 0.5) is 0 Å². The summed E-state index contributed by atoms with van der Waals surface area (Å²) in [5.74, 6) is 1.55. The Morgan fingerprint density at radius 1 is 1.14 bits per heavy atom. The third kappa shape index (κ3) is 4.61. The lowest BCUT2D eigenvalue weighted by atomic mass is 9.92. The Kier molecular flexibility index (Phi) is 5.88. The third-order valence-electron chi connectivity index (χ3n) is 4.21. The van der Waals surface area contributed by atoms with Crippen molar-refractivity contribution in [3.05, 3.63) is 23.8 Å². The maximum atomic E-state index is 9.55. The molecule has 2 N–H and O–H groups in total. The molecule has 0 aromatic heterocycles. The minimum atomic E-state index is -0.0933. The van der Waals surface area contributed by atoms with Gasteiger partial charge >= 0.3 is 0 Å². The minimum Gasteiger partial charge on any atom is -0.493 e. The second kappa shape index (κ2) is 7.66. The molecule has 4 nitrogen and oxygen atoms in total. The predicted molar refractivity (Wildman–Crippen MR) is 84.1 cm³/mol. The van der Waals surface area contributed by atoms with Crippen LogP contribution in [-0.2, 0) is 6.42 Å². The average Bonchev–Trinajstić information content (AvgIpc) is 2.49. The summed E-state index contributed by atoms with van der Waals surface area (Å²) < 4.78 is 10.6. The number of hydrogen-bond acceptors (Lipinski definition) is 4. The zero-order valence-corrected chi connectivity index (χ0v) is 13.3. The van der Waals surface area contributed by atoms with Gasteiger partial charge < -0.3 is 19.9 Å². The maximum Gasteiger partial charge on any atom is 0.160 e. The summed E-state index contributed by atoms with van der Waals surface area (Å²) >= 11 is 0. The Bertz CT molecular complexity index is 442. The monoisotopic (exact) mass is 293 g/mol. The highest BCUT2D eigenvalue weighted by molar-refractivity contribution is 5.43. The van der Waals surface area contributed by atoms with Crippen molar-refractivity contribution in [3.8, 4) is 11.5 Å². The van der Waals surface area contributed by atoms with Gasteiger partial charge in [-0.3, -0.25) is 0 Å². The van der Waals surface area contributed by atoms with Gasteiger partial charge in [-0.05, 0) is 56.7 Å². The van der Waals surface area contributed by atoms with Gasteiger partial charge in [0.25, 0.3) is 0 Å². The number of nitrogens with one attached hydrogen (secondary N) is 1. The topological polar surface area (TPSA) is 50.7 Å². The SMILES string of the molecule is COc1ccc(CC(C)NC2CCC(O)CC2)cc1OC. The molecule has 1 aliphatic rings. The smallest absolute Gasteiger partial charge is 0.160 e. The molecular formula is C17H27NO3. The first-order valence-electron chi connectivity index (χ1n) is 7.77. The van der Waals surface area contributed by atoms with Crippen molar-refractivity contribution >= 4 is 0 Å². The Balaban J connectivity index is 1.88. The molecule has 0 heterocycles. The quantitative estimate of drug-likeness (QED) is 0.846. The van der Waals surface area contributed by atoms with Gasteiger partial charge in [-0.25, -0.2) is 0 Å². The van der Waals surface area contributed by atoms with Crippen LogP contribution in [0.25, 0.3) is 0 Å². The van der Waals surface area contributed by atoms with Gasteiger partial charge in [0.1, 0.15) is 0 Å². The molecule has 118 valence electrons.